The molecule has 0 saturated heterocycles. The van der Waals surface area contributed by atoms with Gasteiger partial charge in [0.1, 0.15) is 12.1 Å². The number of hydrogen-bond donors (Lipinski definition) is 1. The highest BCUT2D eigenvalue weighted by Gasteiger charge is 2.20. The van der Waals surface area contributed by atoms with Gasteiger partial charge in [-0.25, -0.2) is 4.98 Å². The molecule has 88 valence electrons. The zero-order valence-electron chi connectivity index (χ0n) is 9.30. The minimum atomic E-state index is -0.0766. The molecule has 0 aromatic carbocycles. The van der Waals surface area contributed by atoms with Crippen LogP contribution in [0.1, 0.15) is 22.6 Å². The molecule has 3 rings (SSSR count). The van der Waals surface area contributed by atoms with Gasteiger partial charge in [-0.3, -0.25) is 4.79 Å². The van der Waals surface area contributed by atoms with Crippen LogP contribution in [-0.4, -0.2) is 21.5 Å². The smallest absolute Gasteiger partial charge is 0.254 e. The van der Waals surface area contributed by atoms with Gasteiger partial charge in [-0.1, -0.05) is 0 Å². The van der Waals surface area contributed by atoms with E-state index in [1.165, 1.54) is 12.5 Å². The van der Waals surface area contributed by atoms with Gasteiger partial charge in [-0.05, 0) is 12.5 Å². The van der Waals surface area contributed by atoms with Gasteiger partial charge in [0.2, 0.25) is 0 Å². The molecule has 0 bridgehead atoms. The van der Waals surface area contributed by atoms with Crippen molar-refractivity contribution < 1.29 is 9.21 Å². The number of nitrogens with zero attached hydrogens (tertiary/aromatic N) is 2. The van der Waals surface area contributed by atoms with Gasteiger partial charge in [0.15, 0.2) is 0 Å². The molecule has 1 atom stereocenters. The molecule has 0 radical (unpaired) electrons. The molecular weight excluding hydrogens is 218 g/mol. The fourth-order valence-corrected chi connectivity index (χ4v) is 2.15. The molecule has 0 aliphatic carbocycles. The lowest BCUT2D eigenvalue weighted by Crippen LogP contribution is -2.40. The van der Waals surface area contributed by atoms with E-state index < -0.39 is 0 Å². The van der Waals surface area contributed by atoms with Crippen molar-refractivity contribution in [2.45, 2.75) is 25.4 Å². The quantitative estimate of drug-likeness (QED) is 0.845. The number of rotatable bonds is 2. The predicted octanol–water partition coefficient (Wildman–Crippen LogP) is 1.22. The van der Waals surface area contributed by atoms with Gasteiger partial charge >= 0.3 is 0 Å². The summed E-state index contributed by atoms with van der Waals surface area (Å²) in [5.41, 5.74) is 0.571. The minimum Gasteiger partial charge on any atom is -0.472 e. The Labute approximate surface area is 98.5 Å². The normalized spacial score (nSPS) is 18.7. The Bertz CT molecular complexity index is 516. The van der Waals surface area contributed by atoms with Gasteiger partial charge in [-0.2, -0.15) is 0 Å². The van der Waals surface area contributed by atoms with Gasteiger partial charge in [0.25, 0.3) is 5.91 Å². The minimum absolute atomic E-state index is 0.0766. The van der Waals surface area contributed by atoms with Crippen LogP contribution < -0.4 is 5.32 Å². The number of aromatic nitrogens is 2. The van der Waals surface area contributed by atoms with Crippen molar-refractivity contribution >= 4 is 5.91 Å². The number of imidazole rings is 1. The van der Waals surface area contributed by atoms with Crippen LogP contribution >= 0.6 is 0 Å². The van der Waals surface area contributed by atoms with Crippen molar-refractivity contribution in [3.8, 4) is 0 Å². The highest BCUT2D eigenvalue weighted by molar-refractivity contribution is 5.93. The Morgan fingerprint density at radius 1 is 1.59 bits per heavy atom. The van der Waals surface area contributed by atoms with Crippen molar-refractivity contribution in [3.05, 3.63) is 42.4 Å². The summed E-state index contributed by atoms with van der Waals surface area (Å²) in [4.78, 5) is 16.1. The molecule has 0 fully saturated rings. The molecule has 1 N–H and O–H groups in total. The molecule has 5 heteroatoms. The Morgan fingerprint density at radius 2 is 2.53 bits per heavy atom. The number of furan rings is 1. The van der Waals surface area contributed by atoms with E-state index in [1.807, 2.05) is 6.20 Å². The summed E-state index contributed by atoms with van der Waals surface area (Å²) in [6, 6.07) is 1.83. The number of aryl methyl sites for hydroxylation is 1. The Kier molecular flexibility index (Phi) is 2.44. The summed E-state index contributed by atoms with van der Waals surface area (Å²) in [7, 11) is 0. The standard InChI is InChI=1S/C12H13N3O2/c16-12(9-3-6-17-8-9)14-10-1-2-11-13-4-5-15(11)7-10/h3-6,8,10H,1-2,7H2,(H,14,16)/t10-/m1/s1. The number of hydrogen-bond acceptors (Lipinski definition) is 3. The number of amides is 1. The third kappa shape index (κ3) is 1.95. The molecule has 0 unspecified atom stereocenters. The molecule has 1 aliphatic heterocycles. The molecule has 0 saturated carbocycles. The molecule has 17 heavy (non-hydrogen) atoms. The summed E-state index contributed by atoms with van der Waals surface area (Å²) in [5, 5.41) is 3.00. The third-order valence-electron chi connectivity index (χ3n) is 3.05. The summed E-state index contributed by atoms with van der Waals surface area (Å²) in [6.07, 6.45) is 8.55. The zero-order chi connectivity index (χ0) is 11.7. The van der Waals surface area contributed by atoms with Crippen molar-refractivity contribution in [1.29, 1.82) is 0 Å². The third-order valence-corrected chi connectivity index (χ3v) is 3.05. The average molecular weight is 231 g/mol. The Balaban J connectivity index is 1.66. The molecule has 1 aliphatic rings. The first-order chi connectivity index (χ1) is 8.33. The maximum atomic E-state index is 11.8. The van der Waals surface area contributed by atoms with Crippen molar-refractivity contribution in [2.75, 3.05) is 0 Å². The highest BCUT2D eigenvalue weighted by atomic mass is 16.3. The first kappa shape index (κ1) is 10.1. The van der Waals surface area contributed by atoms with Crippen LogP contribution in [0.2, 0.25) is 0 Å². The summed E-state index contributed by atoms with van der Waals surface area (Å²) in [6.45, 7) is 0.791. The summed E-state index contributed by atoms with van der Waals surface area (Å²) >= 11 is 0. The van der Waals surface area contributed by atoms with Crippen LogP contribution in [0, 0.1) is 0 Å². The summed E-state index contributed by atoms with van der Waals surface area (Å²) in [5.74, 6) is 1.02. The van der Waals surface area contributed by atoms with Crippen LogP contribution in [0.5, 0.6) is 0 Å². The fraction of sp³-hybridized carbons (Fsp3) is 0.333. The lowest BCUT2D eigenvalue weighted by Gasteiger charge is -2.24. The van der Waals surface area contributed by atoms with Crippen LogP contribution in [0.25, 0.3) is 0 Å². The largest absolute Gasteiger partial charge is 0.472 e. The van der Waals surface area contributed by atoms with Crippen molar-refractivity contribution in [1.82, 2.24) is 14.9 Å². The number of carbonyl (C=O) groups is 1. The monoisotopic (exact) mass is 231 g/mol. The predicted molar refractivity (Wildman–Crippen MR) is 60.5 cm³/mol. The molecule has 2 aromatic heterocycles. The highest BCUT2D eigenvalue weighted by Crippen LogP contribution is 2.13. The van der Waals surface area contributed by atoms with E-state index in [9.17, 15) is 4.79 Å². The second-order valence-corrected chi connectivity index (χ2v) is 4.22. The second-order valence-electron chi connectivity index (χ2n) is 4.22. The number of nitrogens with one attached hydrogen (secondary N) is 1. The van der Waals surface area contributed by atoms with Crippen LogP contribution in [0.15, 0.2) is 35.4 Å². The summed E-state index contributed by atoms with van der Waals surface area (Å²) < 4.78 is 6.98. The van der Waals surface area contributed by atoms with E-state index in [4.69, 9.17) is 4.42 Å². The molecular formula is C12H13N3O2. The first-order valence-electron chi connectivity index (χ1n) is 5.66. The van der Waals surface area contributed by atoms with E-state index >= 15 is 0 Å². The van der Waals surface area contributed by atoms with Crippen LogP contribution in [0.3, 0.4) is 0 Å². The maximum Gasteiger partial charge on any atom is 0.254 e. The topological polar surface area (TPSA) is 60.1 Å². The van der Waals surface area contributed by atoms with Gasteiger partial charge in [0.05, 0.1) is 11.8 Å². The van der Waals surface area contributed by atoms with E-state index in [-0.39, 0.29) is 11.9 Å². The second kappa shape index (κ2) is 4.08. The Morgan fingerprint density at radius 3 is 3.35 bits per heavy atom. The lowest BCUT2D eigenvalue weighted by molar-refractivity contribution is 0.0927. The first-order valence-corrected chi connectivity index (χ1v) is 5.66. The van der Waals surface area contributed by atoms with Crippen LogP contribution in [-0.2, 0) is 13.0 Å². The molecule has 5 nitrogen and oxygen atoms in total. The lowest BCUT2D eigenvalue weighted by atomic mass is 10.1. The zero-order valence-corrected chi connectivity index (χ0v) is 9.30. The SMILES string of the molecule is O=C(N[C@@H]1CCc2nccn2C1)c1ccoc1. The average Bonchev–Trinajstić information content (AvgIpc) is 2.99. The van der Waals surface area contributed by atoms with E-state index in [1.54, 1.807) is 12.3 Å². The van der Waals surface area contributed by atoms with Gasteiger partial charge < -0.3 is 14.3 Å². The number of carbonyl (C=O) groups excluding carboxylic acids is 1. The molecule has 1 amide bonds. The molecule has 2 aromatic rings. The molecule has 0 spiro atoms. The maximum absolute atomic E-state index is 11.8. The Hall–Kier alpha value is -2.04. The molecule has 3 heterocycles. The number of fused-ring (bicyclic) bond motifs is 1. The fourth-order valence-electron chi connectivity index (χ4n) is 2.15. The van der Waals surface area contributed by atoms with E-state index in [0.717, 1.165) is 25.2 Å². The van der Waals surface area contributed by atoms with E-state index in [0.29, 0.717) is 5.56 Å². The van der Waals surface area contributed by atoms with Crippen molar-refractivity contribution in [3.63, 3.8) is 0 Å². The van der Waals surface area contributed by atoms with Crippen LogP contribution in [0.4, 0.5) is 0 Å². The van der Waals surface area contributed by atoms with Gasteiger partial charge in [0, 0.05) is 31.4 Å². The van der Waals surface area contributed by atoms with Gasteiger partial charge in [-0.15, -0.1) is 0 Å². The van der Waals surface area contributed by atoms with Crippen molar-refractivity contribution in [2.24, 2.45) is 0 Å². The van der Waals surface area contributed by atoms with E-state index in [2.05, 4.69) is 14.9 Å².